The highest BCUT2D eigenvalue weighted by molar-refractivity contribution is 5.27. The first-order chi connectivity index (χ1) is 10.3. The number of rotatable bonds is 4. The summed E-state index contributed by atoms with van der Waals surface area (Å²) in [6.45, 7) is 5.23. The summed E-state index contributed by atoms with van der Waals surface area (Å²) in [5.74, 6) is 0.751. The van der Waals surface area contributed by atoms with Crippen LogP contribution < -0.4 is 5.32 Å². The molecule has 0 spiro atoms. The molecule has 1 aliphatic heterocycles. The topological polar surface area (TPSA) is 41.1 Å². The number of hydrogen-bond donors (Lipinski definition) is 1. The minimum atomic E-state index is 0.435. The fourth-order valence-electron chi connectivity index (χ4n) is 2.86. The van der Waals surface area contributed by atoms with Crippen LogP contribution in [0.3, 0.4) is 0 Å². The third-order valence-corrected chi connectivity index (χ3v) is 3.88. The highest BCUT2D eigenvalue weighted by Gasteiger charge is 2.20. The van der Waals surface area contributed by atoms with Crippen LogP contribution in [0.1, 0.15) is 24.1 Å². The molecule has 1 atom stereocenters. The number of hydrogen-bond acceptors (Lipinski definition) is 4. The zero-order chi connectivity index (χ0) is 14.5. The van der Waals surface area contributed by atoms with Gasteiger partial charge in [0.2, 0.25) is 5.95 Å². The molecule has 1 saturated heterocycles. The molecule has 2 aromatic rings. The van der Waals surface area contributed by atoms with E-state index in [0.717, 1.165) is 24.7 Å². The summed E-state index contributed by atoms with van der Waals surface area (Å²) in [6.07, 6.45) is 4.22. The summed E-state index contributed by atoms with van der Waals surface area (Å²) in [5, 5.41) is 3.47. The van der Waals surface area contributed by atoms with Gasteiger partial charge in [-0.05, 0) is 37.9 Å². The van der Waals surface area contributed by atoms with Crippen LogP contribution in [0.15, 0.2) is 42.6 Å². The summed E-state index contributed by atoms with van der Waals surface area (Å²) in [7, 11) is 0. The summed E-state index contributed by atoms with van der Waals surface area (Å²) in [5.41, 5.74) is 2.38. The van der Waals surface area contributed by atoms with Gasteiger partial charge in [0.05, 0.1) is 0 Å². The van der Waals surface area contributed by atoms with Crippen molar-refractivity contribution >= 4 is 5.95 Å². The molecule has 110 valence electrons. The normalized spacial score (nSPS) is 19.4. The lowest BCUT2D eigenvalue weighted by Gasteiger charge is -2.33. The van der Waals surface area contributed by atoms with Crippen LogP contribution in [-0.4, -0.2) is 34.0 Å². The Bertz CT molecular complexity index is 570. The Morgan fingerprint density at radius 2 is 2.10 bits per heavy atom. The van der Waals surface area contributed by atoms with Crippen LogP contribution in [0.4, 0.5) is 5.95 Å². The maximum atomic E-state index is 4.44. The van der Waals surface area contributed by atoms with Crippen LogP contribution >= 0.6 is 0 Å². The van der Waals surface area contributed by atoms with Crippen molar-refractivity contribution in [2.75, 3.05) is 18.4 Å². The molecule has 1 aliphatic rings. The maximum absolute atomic E-state index is 4.44. The highest BCUT2D eigenvalue weighted by Crippen LogP contribution is 2.16. The largest absolute Gasteiger partial charge is 0.350 e. The molecule has 0 radical (unpaired) electrons. The molecule has 1 fully saturated rings. The number of aromatic nitrogens is 2. The second-order valence-corrected chi connectivity index (χ2v) is 5.73. The number of likely N-dealkylation sites (tertiary alicyclic amines) is 1. The molecule has 2 heterocycles. The van der Waals surface area contributed by atoms with Gasteiger partial charge in [0.25, 0.3) is 0 Å². The summed E-state index contributed by atoms with van der Waals surface area (Å²) in [6, 6.07) is 13.0. The molecule has 1 aromatic heterocycles. The van der Waals surface area contributed by atoms with Crippen LogP contribution in [0.25, 0.3) is 0 Å². The lowest BCUT2D eigenvalue weighted by molar-refractivity contribution is 0.208. The van der Waals surface area contributed by atoms with Crippen molar-refractivity contribution in [1.29, 1.82) is 0 Å². The summed E-state index contributed by atoms with van der Waals surface area (Å²) < 4.78 is 0. The van der Waals surface area contributed by atoms with E-state index in [0.29, 0.717) is 6.04 Å². The fourth-order valence-corrected chi connectivity index (χ4v) is 2.86. The lowest BCUT2D eigenvalue weighted by Crippen LogP contribution is -2.41. The minimum Gasteiger partial charge on any atom is -0.350 e. The molecular formula is C17H22N4. The molecule has 0 amide bonds. The van der Waals surface area contributed by atoms with E-state index in [2.05, 4.69) is 50.5 Å². The SMILES string of the molecule is Cc1ccnc(NC2CCCN(Cc3ccccc3)C2)n1. The van der Waals surface area contributed by atoms with Gasteiger partial charge in [-0.25, -0.2) is 9.97 Å². The van der Waals surface area contributed by atoms with Gasteiger partial charge in [-0.3, -0.25) is 4.90 Å². The third kappa shape index (κ3) is 4.02. The van der Waals surface area contributed by atoms with Gasteiger partial charge in [0.15, 0.2) is 0 Å². The van der Waals surface area contributed by atoms with Crippen molar-refractivity contribution < 1.29 is 0 Å². The minimum absolute atomic E-state index is 0.435. The van der Waals surface area contributed by atoms with Gasteiger partial charge in [-0.1, -0.05) is 30.3 Å². The monoisotopic (exact) mass is 282 g/mol. The Labute approximate surface area is 126 Å². The Morgan fingerprint density at radius 1 is 1.24 bits per heavy atom. The van der Waals surface area contributed by atoms with E-state index < -0.39 is 0 Å². The van der Waals surface area contributed by atoms with Crippen molar-refractivity contribution in [3.05, 3.63) is 53.9 Å². The lowest BCUT2D eigenvalue weighted by atomic mass is 10.0. The highest BCUT2D eigenvalue weighted by atomic mass is 15.2. The first-order valence-electron chi connectivity index (χ1n) is 7.62. The van der Waals surface area contributed by atoms with Gasteiger partial charge in [-0.2, -0.15) is 0 Å². The number of anilines is 1. The van der Waals surface area contributed by atoms with Crippen molar-refractivity contribution in [2.24, 2.45) is 0 Å². The molecule has 3 rings (SSSR count). The second kappa shape index (κ2) is 6.68. The quantitative estimate of drug-likeness (QED) is 0.936. The van der Waals surface area contributed by atoms with Gasteiger partial charge in [0.1, 0.15) is 0 Å². The van der Waals surface area contributed by atoms with Crippen LogP contribution in [0, 0.1) is 6.92 Å². The number of aryl methyl sites for hydroxylation is 1. The molecular weight excluding hydrogens is 260 g/mol. The van der Waals surface area contributed by atoms with Gasteiger partial charge in [0, 0.05) is 31.0 Å². The zero-order valence-corrected chi connectivity index (χ0v) is 12.5. The van der Waals surface area contributed by atoms with E-state index >= 15 is 0 Å². The van der Waals surface area contributed by atoms with Crippen LogP contribution in [0.5, 0.6) is 0 Å². The van der Waals surface area contributed by atoms with Gasteiger partial charge in [-0.15, -0.1) is 0 Å². The Balaban J connectivity index is 1.58. The predicted molar refractivity (Wildman–Crippen MR) is 85.1 cm³/mol. The molecule has 4 nitrogen and oxygen atoms in total. The molecule has 4 heteroatoms. The fraction of sp³-hybridized carbons (Fsp3) is 0.412. The van der Waals surface area contributed by atoms with Crippen molar-refractivity contribution in [3.8, 4) is 0 Å². The van der Waals surface area contributed by atoms with E-state index in [-0.39, 0.29) is 0 Å². The van der Waals surface area contributed by atoms with Crippen LogP contribution in [-0.2, 0) is 6.54 Å². The number of benzene rings is 1. The summed E-state index contributed by atoms with van der Waals surface area (Å²) >= 11 is 0. The van der Waals surface area contributed by atoms with E-state index in [4.69, 9.17) is 0 Å². The van der Waals surface area contributed by atoms with E-state index in [1.807, 2.05) is 19.2 Å². The summed E-state index contributed by atoms with van der Waals surface area (Å²) in [4.78, 5) is 11.2. The number of nitrogens with one attached hydrogen (secondary N) is 1. The van der Waals surface area contributed by atoms with E-state index in [1.165, 1.54) is 24.9 Å². The average molecular weight is 282 g/mol. The molecule has 1 aromatic carbocycles. The third-order valence-electron chi connectivity index (χ3n) is 3.88. The first-order valence-corrected chi connectivity index (χ1v) is 7.62. The molecule has 21 heavy (non-hydrogen) atoms. The average Bonchev–Trinajstić information content (AvgIpc) is 2.49. The second-order valence-electron chi connectivity index (χ2n) is 5.73. The Morgan fingerprint density at radius 3 is 2.90 bits per heavy atom. The first kappa shape index (κ1) is 14.0. The molecule has 0 saturated carbocycles. The smallest absolute Gasteiger partial charge is 0.223 e. The van der Waals surface area contributed by atoms with Gasteiger partial charge >= 0.3 is 0 Å². The Hall–Kier alpha value is -1.94. The van der Waals surface area contributed by atoms with E-state index in [1.54, 1.807) is 0 Å². The van der Waals surface area contributed by atoms with E-state index in [9.17, 15) is 0 Å². The maximum Gasteiger partial charge on any atom is 0.223 e. The number of piperidine rings is 1. The standard InChI is InChI=1S/C17H22N4/c1-14-9-10-18-17(19-14)20-16-8-5-11-21(13-16)12-15-6-3-2-4-7-15/h2-4,6-7,9-10,16H,5,8,11-13H2,1H3,(H,18,19,20). The predicted octanol–water partition coefficient (Wildman–Crippen LogP) is 2.86. The molecule has 1 unspecified atom stereocenters. The van der Waals surface area contributed by atoms with Crippen LogP contribution in [0.2, 0.25) is 0 Å². The van der Waals surface area contributed by atoms with Crippen molar-refractivity contribution in [2.45, 2.75) is 32.4 Å². The van der Waals surface area contributed by atoms with Crippen molar-refractivity contribution in [3.63, 3.8) is 0 Å². The number of nitrogens with zero attached hydrogens (tertiary/aromatic N) is 3. The molecule has 1 N–H and O–H groups in total. The molecule has 0 aliphatic carbocycles. The zero-order valence-electron chi connectivity index (χ0n) is 12.5. The molecule has 0 bridgehead atoms. The Kier molecular flexibility index (Phi) is 4.46. The van der Waals surface area contributed by atoms with Gasteiger partial charge < -0.3 is 5.32 Å². The van der Waals surface area contributed by atoms with Crippen molar-refractivity contribution in [1.82, 2.24) is 14.9 Å².